The second kappa shape index (κ2) is 7.78. The Labute approximate surface area is 163 Å². The number of aryl methyl sites for hydroxylation is 1. The zero-order valence-corrected chi connectivity index (χ0v) is 15.6. The average Bonchev–Trinajstić information content (AvgIpc) is 2.69. The molecular weight excluding hydrogens is 352 g/mol. The third-order valence-electron chi connectivity index (χ3n) is 4.16. The van der Waals surface area contributed by atoms with Crippen molar-refractivity contribution in [2.24, 2.45) is 0 Å². The second-order valence-corrected chi connectivity index (χ2v) is 6.89. The lowest BCUT2D eigenvalue weighted by Gasteiger charge is -2.12. The van der Waals surface area contributed by atoms with Crippen LogP contribution in [0.2, 0.25) is 0 Å². The molecule has 5 heteroatoms. The maximum Gasteiger partial charge on any atom is 0.0991 e. The van der Waals surface area contributed by atoms with Crippen LogP contribution in [0.15, 0.2) is 59.5 Å². The van der Waals surface area contributed by atoms with Gasteiger partial charge in [0, 0.05) is 16.1 Å². The molecule has 0 radical (unpaired) electrons. The maximum atomic E-state index is 8.93. The molecule has 0 saturated carbocycles. The number of anilines is 3. The van der Waals surface area contributed by atoms with Gasteiger partial charge >= 0.3 is 0 Å². The van der Waals surface area contributed by atoms with E-state index in [1.54, 1.807) is 12.1 Å². The number of nitrogens with zero attached hydrogens (tertiary/aromatic N) is 1. The quantitative estimate of drug-likeness (QED) is 0.349. The van der Waals surface area contributed by atoms with Crippen LogP contribution in [0.3, 0.4) is 0 Å². The van der Waals surface area contributed by atoms with Crippen molar-refractivity contribution in [2.75, 3.05) is 16.2 Å². The minimum Gasteiger partial charge on any atom is -0.397 e. The van der Waals surface area contributed by atoms with Crippen LogP contribution < -0.4 is 16.2 Å². The van der Waals surface area contributed by atoms with E-state index in [1.807, 2.05) is 49.4 Å². The highest BCUT2D eigenvalue weighted by molar-refractivity contribution is 8.00. The number of rotatable bonds is 4. The molecule has 3 rings (SSSR count). The van der Waals surface area contributed by atoms with E-state index in [1.165, 1.54) is 11.9 Å². The van der Waals surface area contributed by atoms with Gasteiger partial charge in [0.05, 0.1) is 23.0 Å². The molecule has 27 heavy (non-hydrogen) atoms. The highest BCUT2D eigenvalue weighted by Gasteiger charge is 2.07. The average molecular weight is 370 g/mol. The third-order valence-corrected chi connectivity index (χ3v) is 5.16. The predicted molar refractivity (Wildman–Crippen MR) is 114 cm³/mol. The van der Waals surface area contributed by atoms with Crippen LogP contribution in [0.1, 0.15) is 16.7 Å². The van der Waals surface area contributed by atoms with Gasteiger partial charge in [-0.05, 0) is 72.0 Å². The van der Waals surface area contributed by atoms with Gasteiger partial charge in [0.15, 0.2) is 0 Å². The van der Waals surface area contributed by atoms with Crippen LogP contribution in [0, 0.1) is 30.6 Å². The fraction of sp³-hybridized carbons (Fsp3) is 0.0455. The first kappa shape index (κ1) is 18.3. The fourth-order valence-corrected chi connectivity index (χ4v) is 3.41. The van der Waals surface area contributed by atoms with Crippen LogP contribution in [0.5, 0.6) is 0 Å². The van der Waals surface area contributed by atoms with Crippen molar-refractivity contribution in [1.29, 1.82) is 5.26 Å². The summed E-state index contributed by atoms with van der Waals surface area (Å²) in [6, 6.07) is 19.1. The van der Waals surface area contributed by atoms with Crippen LogP contribution >= 0.6 is 11.9 Å². The van der Waals surface area contributed by atoms with Crippen molar-refractivity contribution in [1.82, 2.24) is 0 Å². The fourth-order valence-electron chi connectivity index (χ4n) is 2.65. The summed E-state index contributed by atoms with van der Waals surface area (Å²) in [6.07, 6.45) is 5.71. The van der Waals surface area contributed by atoms with Crippen molar-refractivity contribution in [2.45, 2.75) is 11.8 Å². The molecule has 3 aromatic carbocycles. The van der Waals surface area contributed by atoms with Crippen molar-refractivity contribution in [3.8, 4) is 29.5 Å². The third kappa shape index (κ3) is 4.00. The van der Waals surface area contributed by atoms with Crippen molar-refractivity contribution >= 4 is 29.0 Å². The molecule has 0 aliphatic heterocycles. The van der Waals surface area contributed by atoms with E-state index in [4.69, 9.17) is 23.2 Å². The molecule has 0 bridgehead atoms. The normalized spacial score (nSPS) is 10.0. The highest BCUT2D eigenvalue weighted by atomic mass is 32.2. The molecule has 0 fully saturated rings. The zero-order chi connectivity index (χ0) is 19.4. The van der Waals surface area contributed by atoms with Gasteiger partial charge in [-0.3, -0.25) is 0 Å². The predicted octanol–water partition coefficient (Wildman–Crippen LogP) is 4.80. The lowest BCUT2D eigenvalue weighted by molar-refractivity contribution is 1.31. The second-order valence-electron chi connectivity index (χ2n) is 6.04. The summed E-state index contributed by atoms with van der Waals surface area (Å²) in [5.74, 6) is 2.74. The Balaban J connectivity index is 1.83. The lowest BCUT2D eigenvalue weighted by atomic mass is 9.98. The largest absolute Gasteiger partial charge is 0.397 e. The van der Waals surface area contributed by atoms with Crippen LogP contribution in [-0.2, 0) is 0 Å². The Morgan fingerprint density at radius 2 is 1.70 bits per heavy atom. The Morgan fingerprint density at radius 3 is 2.37 bits per heavy atom. The van der Waals surface area contributed by atoms with Crippen molar-refractivity contribution in [3.63, 3.8) is 0 Å². The first-order valence-corrected chi connectivity index (χ1v) is 9.03. The van der Waals surface area contributed by atoms with E-state index in [0.29, 0.717) is 16.9 Å². The Hall–Kier alpha value is -3.54. The number of hydrogen-bond donors (Lipinski definition) is 3. The molecule has 0 spiro atoms. The smallest absolute Gasteiger partial charge is 0.0991 e. The summed E-state index contributed by atoms with van der Waals surface area (Å²) < 4.78 is 3.30. The molecule has 132 valence electrons. The summed E-state index contributed by atoms with van der Waals surface area (Å²) in [6.45, 7) is 1.99. The van der Waals surface area contributed by atoms with Gasteiger partial charge in [-0.15, -0.1) is 6.42 Å². The molecule has 4 nitrogen and oxygen atoms in total. The topological polar surface area (TPSA) is 87.9 Å². The molecule has 0 amide bonds. The van der Waals surface area contributed by atoms with Gasteiger partial charge in [-0.25, -0.2) is 0 Å². The van der Waals surface area contributed by atoms with E-state index in [2.05, 4.69) is 16.7 Å². The van der Waals surface area contributed by atoms with Gasteiger partial charge in [-0.2, -0.15) is 5.26 Å². The zero-order valence-electron chi connectivity index (χ0n) is 14.8. The summed E-state index contributed by atoms with van der Waals surface area (Å²) in [7, 11) is 0. The SMILES string of the molecule is C#Cc1cc(NSc2cc(N)c(N)cc2C)ccc1-c1ccc(C#N)cc1. The standard InChI is InChI=1S/C22H18N4S/c1-3-16-11-18(26-27-22-12-21(25)20(24)10-14(22)2)8-9-19(16)17-6-4-15(13-23)5-7-17/h1,4-12,26H,24-25H2,2H3. The Kier molecular flexibility index (Phi) is 5.26. The van der Waals surface area contributed by atoms with Gasteiger partial charge in [0.1, 0.15) is 0 Å². The summed E-state index contributed by atoms with van der Waals surface area (Å²) >= 11 is 1.46. The first-order chi connectivity index (χ1) is 13.0. The van der Waals surface area contributed by atoms with Gasteiger partial charge in [0.2, 0.25) is 0 Å². The Bertz CT molecular complexity index is 1070. The monoisotopic (exact) mass is 370 g/mol. The Morgan fingerprint density at radius 1 is 1.00 bits per heavy atom. The molecule has 0 unspecified atom stereocenters. The van der Waals surface area contributed by atoms with E-state index in [9.17, 15) is 0 Å². The number of terminal acetylenes is 1. The van der Waals surface area contributed by atoms with Gasteiger partial charge in [0.25, 0.3) is 0 Å². The summed E-state index contributed by atoms with van der Waals surface area (Å²) in [5, 5.41) is 8.93. The van der Waals surface area contributed by atoms with Gasteiger partial charge in [-0.1, -0.05) is 24.1 Å². The minimum absolute atomic E-state index is 0.561. The van der Waals surface area contributed by atoms with Crippen molar-refractivity contribution in [3.05, 3.63) is 71.3 Å². The van der Waals surface area contributed by atoms with Crippen molar-refractivity contribution < 1.29 is 0 Å². The molecule has 0 aliphatic carbocycles. The van der Waals surface area contributed by atoms with E-state index in [-0.39, 0.29) is 0 Å². The molecule has 0 aromatic heterocycles. The lowest BCUT2D eigenvalue weighted by Crippen LogP contribution is -1.97. The number of benzene rings is 3. The molecular formula is C22H18N4S. The molecule has 0 atom stereocenters. The van der Waals surface area contributed by atoms with E-state index < -0.39 is 0 Å². The highest BCUT2D eigenvalue weighted by Crippen LogP contribution is 2.31. The molecule has 0 aliphatic rings. The number of nitrogens with two attached hydrogens (primary N) is 2. The van der Waals surface area contributed by atoms with E-state index in [0.717, 1.165) is 32.8 Å². The first-order valence-electron chi connectivity index (χ1n) is 8.21. The molecule has 0 heterocycles. The number of nitriles is 1. The molecule has 3 aromatic rings. The van der Waals surface area contributed by atoms with Crippen LogP contribution in [0.25, 0.3) is 11.1 Å². The maximum absolute atomic E-state index is 8.93. The van der Waals surface area contributed by atoms with Gasteiger partial charge < -0.3 is 16.2 Å². The summed E-state index contributed by atoms with van der Waals surface area (Å²) in [4.78, 5) is 1.00. The number of nitrogen functional groups attached to an aromatic ring is 2. The molecule has 0 saturated heterocycles. The minimum atomic E-state index is 0.561. The van der Waals surface area contributed by atoms with Crippen LogP contribution in [-0.4, -0.2) is 0 Å². The number of hydrogen-bond acceptors (Lipinski definition) is 5. The van der Waals surface area contributed by atoms with Crippen LogP contribution in [0.4, 0.5) is 17.1 Å². The number of nitrogens with one attached hydrogen (secondary N) is 1. The molecule has 5 N–H and O–H groups in total. The summed E-state index contributed by atoms with van der Waals surface area (Å²) in [5.41, 5.74) is 18.1. The van der Waals surface area contributed by atoms with E-state index >= 15 is 0 Å².